The first kappa shape index (κ1) is 18.7. The fraction of sp³-hybridized carbons (Fsp3) is 0.150. The lowest BCUT2D eigenvalue weighted by Crippen LogP contribution is -2.09. The summed E-state index contributed by atoms with van der Waals surface area (Å²) in [4.78, 5) is 12.2. The molecule has 0 bridgehead atoms. The summed E-state index contributed by atoms with van der Waals surface area (Å²) in [6.07, 6.45) is 4.79. The topological polar surface area (TPSA) is 69.0 Å². The first-order valence-electron chi connectivity index (χ1n) is 8.32. The molecular formula is C20H19ClN4O2. The fourth-order valence-electron chi connectivity index (χ4n) is 2.50. The quantitative estimate of drug-likeness (QED) is 0.655. The number of anilines is 1. The molecule has 138 valence electrons. The van der Waals surface area contributed by atoms with E-state index in [1.165, 1.54) is 13.2 Å². The van der Waals surface area contributed by atoms with E-state index < -0.39 is 0 Å². The lowest BCUT2D eigenvalue weighted by Gasteiger charge is -2.11. The summed E-state index contributed by atoms with van der Waals surface area (Å²) in [6, 6.07) is 13.4. The van der Waals surface area contributed by atoms with Crippen molar-refractivity contribution >= 4 is 29.3 Å². The Labute approximate surface area is 162 Å². The van der Waals surface area contributed by atoms with Gasteiger partial charge in [0.1, 0.15) is 11.4 Å². The summed E-state index contributed by atoms with van der Waals surface area (Å²) in [6.45, 7) is 2.48. The number of nitrogens with one attached hydrogen (secondary N) is 1. The van der Waals surface area contributed by atoms with Crippen molar-refractivity contribution in [1.82, 2.24) is 15.0 Å². The highest BCUT2D eigenvalue weighted by Gasteiger charge is 2.09. The van der Waals surface area contributed by atoms with E-state index in [1.54, 1.807) is 29.1 Å². The van der Waals surface area contributed by atoms with Gasteiger partial charge in [-0.3, -0.25) is 4.79 Å². The van der Waals surface area contributed by atoms with Crippen LogP contribution in [-0.2, 0) is 11.3 Å². The van der Waals surface area contributed by atoms with Gasteiger partial charge in [0, 0.05) is 17.2 Å². The highest BCUT2D eigenvalue weighted by molar-refractivity contribution is 6.31. The van der Waals surface area contributed by atoms with Crippen molar-refractivity contribution in [3.05, 3.63) is 76.6 Å². The predicted molar refractivity (Wildman–Crippen MR) is 106 cm³/mol. The highest BCUT2D eigenvalue weighted by Crippen LogP contribution is 2.30. The van der Waals surface area contributed by atoms with Gasteiger partial charge in [0.05, 0.1) is 25.5 Å². The van der Waals surface area contributed by atoms with E-state index in [4.69, 9.17) is 16.3 Å². The van der Waals surface area contributed by atoms with Gasteiger partial charge in [-0.1, -0.05) is 47.1 Å². The van der Waals surface area contributed by atoms with Crippen LogP contribution < -0.4 is 10.1 Å². The van der Waals surface area contributed by atoms with Crippen molar-refractivity contribution in [2.24, 2.45) is 0 Å². The van der Waals surface area contributed by atoms with Crippen molar-refractivity contribution in [3.8, 4) is 5.75 Å². The van der Waals surface area contributed by atoms with Crippen molar-refractivity contribution < 1.29 is 9.53 Å². The van der Waals surface area contributed by atoms with Crippen LogP contribution in [0.15, 0.2) is 54.7 Å². The number of amides is 1. The van der Waals surface area contributed by atoms with E-state index in [0.29, 0.717) is 28.7 Å². The second-order valence-electron chi connectivity index (χ2n) is 5.95. The van der Waals surface area contributed by atoms with E-state index in [2.05, 4.69) is 15.6 Å². The molecule has 1 amide bonds. The number of hydrogen-bond donors (Lipinski definition) is 1. The first-order chi connectivity index (χ1) is 13.0. The summed E-state index contributed by atoms with van der Waals surface area (Å²) >= 11 is 6.08. The van der Waals surface area contributed by atoms with Crippen molar-refractivity contribution in [3.63, 3.8) is 0 Å². The van der Waals surface area contributed by atoms with Crippen LogP contribution in [0, 0.1) is 6.92 Å². The van der Waals surface area contributed by atoms with Crippen LogP contribution in [0.1, 0.15) is 16.8 Å². The monoisotopic (exact) mass is 382 g/mol. The lowest BCUT2D eigenvalue weighted by atomic mass is 10.2. The van der Waals surface area contributed by atoms with Crippen LogP contribution in [0.25, 0.3) is 6.08 Å². The average molecular weight is 383 g/mol. The van der Waals surface area contributed by atoms with Gasteiger partial charge in [-0.05, 0) is 30.2 Å². The van der Waals surface area contributed by atoms with E-state index in [9.17, 15) is 4.79 Å². The summed E-state index contributed by atoms with van der Waals surface area (Å²) in [5.74, 6) is 0.203. The van der Waals surface area contributed by atoms with Crippen LogP contribution in [-0.4, -0.2) is 28.0 Å². The number of aryl methyl sites for hydroxylation is 1. The maximum atomic E-state index is 12.2. The number of benzene rings is 2. The van der Waals surface area contributed by atoms with Gasteiger partial charge in [0.15, 0.2) is 0 Å². The van der Waals surface area contributed by atoms with Crippen molar-refractivity contribution in [2.45, 2.75) is 13.5 Å². The van der Waals surface area contributed by atoms with Crippen molar-refractivity contribution in [1.29, 1.82) is 0 Å². The van der Waals surface area contributed by atoms with Gasteiger partial charge in [0.2, 0.25) is 5.91 Å². The zero-order chi connectivity index (χ0) is 19.2. The van der Waals surface area contributed by atoms with Crippen LogP contribution >= 0.6 is 11.6 Å². The zero-order valence-electron chi connectivity index (χ0n) is 15.0. The van der Waals surface area contributed by atoms with E-state index in [0.717, 1.165) is 11.1 Å². The Bertz CT molecular complexity index is 967. The molecule has 7 heteroatoms. The number of carbonyl (C=O) groups excluding carboxylic acids is 1. The Morgan fingerprint density at radius 2 is 2.07 bits per heavy atom. The van der Waals surface area contributed by atoms with Gasteiger partial charge in [-0.2, -0.15) is 0 Å². The third-order valence-corrected chi connectivity index (χ3v) is 4.30. The molecule has 1 heterocycles. The van der Waals surface area contributed by atoms with Gasteiger partial charge < -0.3 is 10.1 Å². The highest BCUT2D eigenvalue weighted by atomic mass is 35.5. The molecule has 1 aromatic heterocycles. The molecule has 27 heavy (non-hydrogen) atoms. The SMILES string of the molecule is COc1cc(Cl)c(C)cc1NC(=O)/C=C/c1cn(Cc2ccccc2)nn1. The Kier molecular flexibility index (Phi) is 5.88. The minimum absolute atomic E-state index is 0.298. The van der Waals surface area contributed by atoms with Gasteiger partial charge in [-0.25, -0.2) is 4.68 Å². The van der Waals surface area contributed by atoms with E-state index in [1.807, 2.05) is 37.3 Å². The number of hydrogen-bond acceptors (Lipinski definition) is 4. The Morgan fingerprint density at radius 3 is 2.81 bits per heavy atom. The number of methoxy groups -OCH3 is 1. The Balaban J connectivity index is 1.65. The molecule has 6 nitrogen and oxygen atoms in total. The molecule has 0 fully saturated rings. The molecule has 1 N–H and O–H groups in total. The molecule has 0 unspecified atom stereocenters. The number of carbonyl (C=O) groups is 1. The summed E-state index contributed by atoms with van der Waals surface area (Å²) < 4.78 is 6.98. The molecule has 0 saturated heterocycles. The molecular weight excluding hydrogens is 364 g/mol. The second kappa shape index (κ2) is 8.51. The molecule has 0 aliphatic rings. The number of aromatic nitrogens is 3. The van der Waals surface area contributed by atoms with Gasteiger partial charge in [0.25, 0.3) is 0 Å². The van der Waals surface area contributed by atoms with Crippen LogP contribution in [0.4, 0.5) is 5.69 Å². The second-order valence-corrected chi connectivity index (χ2v) is 6.36. The molecule has 0 saturated carbocycles. The molecule has 0 aliphatic heterocycles. The first-order valence-corrected chi connectivity index (χ1v) is 8.70. The third-order valence-electron chi connectivity index (χ3n) is 3.89. The molecule has 0 atom stereocenters. The summed E-state index contributed by atoms with van der Waals surface area (Å²) in [5.41, 5.74) is 3.13. The van der Waals surface area contributed by atoms with Crippen LogP contribution in [0.3, 0.4) is 0 Å². The van der Waals surface area contributed by atoms with Gasteiger partial charge in [-0.15, -0.1) is 5.10 Å². The molecule has 2 aromatic carbocycles. The molecule has 3 aromatic rings. The summed E-state index contributed by atoms with van der Waals surface area (Å²) in [5, 5.41) is 11.5. The van der Waals surface area contributed by atoms with Crippen LogP contribution in [0.5, 0.6) is 5.75 Å². The summed E-state index contributed by atoms with van der Waals surface area (Å²) in [7, 11) is 1.53. The van der Waals surface area contributed by atoms with Crippen LogP contribution in [0.2, 0.25) is 5.02 Å². The largest absolute Gasteiger partial charge is 0.495 e. The maximum absolute atomic E-state index is 12.2. The maximum Gasteiger partial charge on any atom is 0.248 e. The third kappa shape index (κ3) is 4.95. The number of halogens is 1. The van der Waals surface area contributed by atoms with E-state index >= 15 is 0 Å². The molecule has 3 rings (SSSR count). The minimum Gasteiger partial charge on any atom is -0.495 e. The van der Waals surface area contributed by atoms with Gasteiger partial charge >= 0.3 is 0 Å². The standard InChI is InChI=1S/C20H19ClN4O2/c1-14-10-18(19(27-2)11-17(14)21)22-20(26)9-8-16-13-25(24-23-16)12-15-6-4-3-5-7-15/h3-11,13H,12H2,1-2H3,(H,22,26)/b9-8+. The molecule has 0 aliphatic carbocycles. The number of rotatable bonds is 6. The van der Waals surface area contributed by atoms with Crippen molar-refractivity contribution in [2.75, 3.05) is 12.4 Å². The average Bonchev–Trinajstić information content (AvgIpc) is 3.11. The smallest absolute Gasteiger partial charge is 0.248 e. The Morgan fingerprint density at radius 1 is 1.30 bits per heavy atom. The Hall–Kier alpha value is -3.12. The fourth-order valence-corrected chi connectivity index (χ4v) is 2.66. The normalized spacial score (nSPS) is 10.9. The van der Waals surface area contributed by atoms with E-state index in [-0.39, 0.29) is 5.91 Å². The lowest BCUT2D eigenvalue weighted by molar-refractivity contribution is -0.111. The predicted octanol–water partition coefficient (Wildman–Crippen LogP) is 3.95. The molecule has 0 spiro atoms. The molecule has 0 radical (unpaired) electrons. The number of nitrogens with zero attached hydrogens (tertiary/aromatic N) is 3. The number of ether oxygens (including phenoxy) is 1. The minimum atomic E-state index is -0.298. The zero-order valence-corrected chi connectivity index (χ0v) is 15.8.